The Kier molecular flexibility index (Phi) is 3.60. The molecular formula is C14H15BrN2. The summed E-state index contributed by atoms with van der Waals surface area (Å²) in [5, 5.41) is 0. The van der Waals surface area contributed by atoms with Crippen molar-refractivity contribution in [3.05, 3.63) is 63.4 Å². The van der Waals surface area contributed by atoms with Gasteiger partial charge in [0.05, 0.1) is 6.04 Å². The molecule has 0 bridgehead atoms. The van der Waals surface area contributed by atoms with E-state index in [-0.39, 0.29) is 6.04 Å². The van der Waals surface area contributed by atoms with Crippen molar-refractivity contribution in [3.8, 4) is 0 Å². The molecule has 0 aliphatic carbocycles. The lowest BCUT2D eigenvalue weighted by molar-refractivity contribution is 0.843. The standard InChI is InChI=1S/C14H15BrN2/c1-9-5-6-17-8-13(9)14(16)12-4-3-11(15)7-10(12)2/h3-8,14H,16H2,1-2H3. The molecule has 0 amide bonds. The molecular weight excluding hydrogens is 276 g/mol. The van der Waals surface area contributed by atoms with Gasteiger partial charge in [0.25, 0.3) is 0 Å². The monoisotopic (exact) mass is 290 g/mol. The van der Waals surface area contributed by atoms with Crippen LogP contribution < -0.4 is 5.73 Å². The Morgan fingerprint density at radius 3 is 2.53 bits per heavy atom. The highest BCUT2D eigenvalue weighted by molar-refractivity contribution is 9.10. The molecule has 88 valence electrons. The predicted octanol–water partition coefficient (Wildman–Crippen LogP) is 3.51. The molecule has 0 saturated heterocycles. The average molecular weight is 291 g/mol. The number of nitrogens with two attached hydrogens (primary N) is 1. The van der Waals surface area contributed by atoms with E-state index in [4.69, 9.17) is 5.73 Å². The van der Waals surface area contributed by atoms with Crippen molar-refractivity contribution in [2.24, 2.45) is 5.73 Å². The lowest BCUT2D eigenvalue weighted by Crippen LogP contribution is -2.14. The number of hydrogen-bond acceptors (Lipinski definition) is 2. The third-order valence-corrected chi connectivity index (χ3v) is 3.47. The Hall–Kier alpha value is -1.19. The fraction of sp³-hybridized carbons (Fsp3) is 0.214. The first-order valence-corrected chi connectivity index (χ1v) is 6.31. The molecule has 0 aliphatic heterocycles. The first-order chi connectivity index (χ1) is 8.09. The molecule has 0 radical (unpaired) electrons. The van der Waals surface area contributed by atoms with E-state index in [9.17, 15) is 0 Å². The number of aryl methyl sites for hydroxylation is 2. The summed E-state index contributed by atoms with van der Waals surface area (Å²) in [6.07, 6.45) is 3.64. The number of benzene rings is 1. The van der Waals surface area contributed by atoms with Gasteiger partial charge in [0.15, 0.2) is 0 Å². The summed E-state index contributed by atoms with van der Waals surface area (Å²) in [6, 6.07) is 8.05. The Bertz CT molecular complexity index is 537. The van der Waals surface area contributed by atoms with Gasteiger partial charge in [0.2, 0.25) is 0 Å². The van der Waals surface area contributed by atoms with E-state index < -0.39 is 0 Å². The van der Waals surface area contributed by atoms with Gasteiger partial charge < -0.3 is 5.73 Å². The van der Waals surface area contributed by atoms with Crippen molar-refractivity contribution in [1.82, 2.24) is 4.98 Å². The van der Waals surface area contributed by atoms with E-state index in [0.29, 0.717) is 0 Å². The minimum Gasteiger partial charge on any atom is -0.320 e. The SMILES string of the molecule is Cc1cc(Br)ccc1C(N)c1cnccc1C. The van der Waals surface area contributed by atoms with Gasteiger partial charge in [-0.25, -0.2) is 0 Å². The van der Waals surface area contributed by atoms with Crippen LogP contribution in [0.5, 0.6) is 0 Å². The van der Waals surface area contributed by atoms with Crippen LogP contribution in [0.1, 0.15) is 28.3 Å². The number of pyridine rings is 1. The topological polar surface area (TPSA) is 38.9 Å². The molecule has 0 fully saturated rings. The number of aromatic nitrogens is 1. The lowest BCUT2D eigenvalue weighted by Gasteiger charge is -2.17. The molecule has 1 atom stereocenters. The Labute approximate surface area is 110 Å². The van der Waals surface area contributed by atoms with Crippen LogP contribution in [0.3, 0.4) is 0 Å². The van der Waals surface area contributed by atoms with Gasteiger partial charge in [-0.15, -0.1) is 0 Å². The highest BCUT2D eigenvalue weighted by Crippen LogP contribution is 2.26. The van der Waals surface area contributed by atoms with Crippen molar-refractivity contribution < 1.29 is 0 Å². The second-order valence-electron chi connectivity index (χ2n) is 4.21. The van der Waals surface area contributed by atoms with Crippen LogP contribution >= 0.6 is 15.9 Å². The molecule has 2 nitrogen and oxygen atoms in total. The zero-order valence-electron chi connectivity index (χ0n) is 9.94. The average Bonchev–Trinajstić information content (AvgIpc) is 2.29. The van der Waals surface area contributed by atoms with Crippen molar-refractivity contribution >= 4 is 15.9 Å². The van der Waals surface area contributed by atoms with Crippen molar-refractivity contribution in [2.45, 2.75) is 19.9 Å². The molecule has 0 aliphatic rings. The quantitative estimate of drug-likeness (QED) is 0.919. The fourth-order valence-corrected chi connectivity index (χ4v) is 2.43. The molecule has 1 heterocycles. The second kappa shape index (κ2) is 4.98. The number of rotatable bonds is 2. The van der Waals surface area contributed by atoms with Crippen LogP contribution in [0.2, 0.25) is 0 Å². The van der Waals surface area contributed by atoms with Gasteiger partial charge in [-0.1, -0.05) is 22.0 Å². The molecule has 2 aromatic rings. The van der Waals surface area contributed by atoms with Gasteiger partial charge in [0.1, 0.15) is 0 Å². The van der Waals surface area contributed by atoms with Crippen LogP contribution in [0.15, 0.2) is 41.1 Å². The van der Waals surface area contributed by atoms with Gasteiger partial charge in [0, 0.05) is 16.9 Å². The normalized spacial score (nSPS) is 12.5. The van der Waals surface area contributed by atoms with E-state index in [1.807, 2.05) is 18.3 Å². The molecule has 1 aromatic heterocycles. The van der Waals surface area contributed by atoms with Crippen LogP contribution in [-0.4, -0.2) is 4.98 Å². The molecule has 3 heteroatoms. The molecule has 1 unspecified atom stereocenters. The number of halogens is 1. The third-order valence-electron chi connectivity index (χ3n) is 2.98. The number of hydrogen-bond donors (Lipinski definition) is 1. The van der Waals surface area contributed by atoms with E-state index in [1.54, 1.807) is 6.20 Å². The van der Waals surface area contributed by atoms with Gasteiger partial charge in [-0.05, 0) is 54.3 Å². The smallest absolute Gasteiger partial charge is 0.0572 e. The maximum absolute atomic E-state index is 6.31. The van der Waals surface area contributed by atoms with E-state index in [0.717, 1.165) is 15.6 Å². The Morgan fingerprint density at radius 1 is 1.12 bits per heavy atom. The zero-order valence-corrected chi connectivity index (χ0v) is 11.5. The maximum Gasteiger partial charge on any atom is 0.0572 e. The van der Waals surface area contributed by atoms with E-state index >= 15 is 0 Å². The summed E-state index contributed by atoms with van der Waals surface area (Å²) in [7, 11) is 0. The molecule has 0 saturated carbocycles. The number of nitrogens with zero attached hydrogens (tertiary/aromatic N) is 1. The summed E-state index contributed by atoms with van der Waals surface area (Å²) >= 11 is 3.46. The Balaban J connectivity index is 2.44. The van der Waals surface area contributed by atoms with E-state index in [1.165, 1.54) is 11.1 Å². The third kappa shape index (κ3) is 2.56. The molecule has 2 rings (SSSR count). The second-order valence-corrected chi connectivity index (χ2v) is 5.13. The minimum atomic E-state index is -0.114. The fourth-order valence-electron chi connectivity index (χ4n) is 1.96. The highest BCUT2D eigenvalue weighted by Gasteiger charge is 2.13. The molecule has 17 heavy (non-hydrogen) atoms. The summed E-state index contributed by atoms with van der Waals surface area (Å²) < 4.78 is 1.08. The summed E-state index contributed by atoms with van der Waals surface area (Å²) in [5.41, 5.74) is 10.9. The van der Waals surface area contributed by atoms with Crippen LogP contribution in [-0.2, 0) is 0 Å². The summed E-state index contributed by atoms with van der Waals surface area (Å²) in [6.45, 7) is 4.14. The predicted molar refractivity (Wildman–Crippen MR) is 73.9 cm³/mol. The minimum absolute atomic E-state index is 0.114. The van der Waals surface area contributed by atoms with Gasteiger partial charge in [-0.2, -0.15) is 0 Å². The first-order valence-electron chi connectivity index (χ1n) is 5.51. The van der Waals surface area contributed by atoms with Crippen LogP contribution in [0.4, 0.5) is 0 Å². The van der Waals surface area contributed by atoms with Crippen LogP contribution in [0.25, 0.3) is 0 Å². The zero-order chi connectivity index (χ0) is 12.4. The van der Waals surface area contributed by atoms with Crippen molar-refractivity contribution in [2.75, 3.05) is 0 Å². The maximum atomic E-state index is 6.31. The van der Waals surface area contributed by atoms with Crippen molar-refractivity contribution in [3.63, 3.8) is 0 Å². The summed E-state index contributed by atoms with van der Waals surface area (Å²) in [5.74, 6) is 0. The lowest BCUT2D eigenvalue weighted by atomic mass is 9.94. The summed E-state index contributed by atoms with van der Waals surface area (Å²) in [4.78, 5) is 4.15. The molecule has 0 spiro atoms. The Morgan fingerprint density at radius 2 is 1.88 bits per heavy atom. The highest BCUT2D eigenvalue weighted by atomic mass is 79.9. The molecule has 1 aromatic carbocycles. The molecule has 2 N–H and O–H groups in total. The van der Waals surface area contributed by atoms with Crippen LogP contribution in [0, 0.1) is 13.8 Å². The van der Waals surface area contributed by atoms with Gasteiger partial charge >= 0.3 is 0 Å². The van der Waals surface area contributed by atoms with E-state index in [2.05, 4.69) is 46.9 Å². The first kappa shape index (κ1) is 12.3. The van der Waals surface area contributed by atoms with Crippen molar-refractivity contribution in [1.29, 1.82) is 0 Å². The largest absolute Gasteiger partial charge is 0.320 e. The van der Waals surface area contributed by atoms with Gasteiger partial charge in [-0.3, -0.25) is 4.98 Å².